The standard InChI is InChI=1S/C16H15F4N3O/c17-11-5-3-10(4-6-11)13-8-14(16(18,19)20)23-15(22-13)21-9-12-2-1-7-24-12/h3-6,8,12H,1-2,7,9H2,(H,21,22,23)/t12-/m0/s1. The fraction of sp³-hybridized carbons (Fsp3) is 0.375. The lowest BCUT2D eigenvalue weighted by molar-refractivity contribution is -0.141. The highest BCUT2D eigenvalue weighted by atomic mass is 19.4. The third-order valence-corrected chi connectivity index (χ3v) is 3.67. The first-order valence-electron chi connectivity index (χ1n) is 7.49. The number of rotatable bonds is 4. The molecule has 2 heterocycles. The summed E-state index contributed by atoms with van der Waals surface area (Å²) in [5.74, 6) is -0.597. The molecule has 1 saturated heterocycles. The number of hydrogen-bond donors (Lipinski definition) is 1. The molecule has 0 aliphatic carbocycles. The minimum absolute atomic E-state index is 0.0579. The second-order valence-electron chi connectivity index (χ2n) is 5.48. The highest BCUT2D eigenvalue weighted by molar-refractivity contribution is 5.61. The summed E-state index contributed by atoms with van der Waals surface area (Å²) in [7, 11) is 0. The molecule has 1 aromatic carbocycles. The third kappa shape index (κ3) is 4.00. The van der Waals surface area contributed by atoms with E-state index in [2.05, 4.69) is 15.3 Å². The SMILES string of the molecule is Fc1ccc(-c2cc(C(F)(F)F)nc(NC[C@@H]3CCCO3)n2)cc1. The second-order valence-corrected chi connectivity index (χ2v) is 5.48. The molecule has 0 radical (unpaired) electrons. The van der Waals surface area contributed by atoms with Crippen molar-refractivity contribution in [2.45, 2.75) is 25.1 Å². The van der Waals surface area contributed by atoms with Gasteiger partial charge in [0, 0.05) is 18.7 Å². The summed E-state index contributed by atoms with van der Waals surface area (Å²) in [5, 5.41) is 2.80. The average molecular weight is 341 g/mol. The summed E-state index contributed by atoms with van der Waals surface area (Å²) in [6, 6.07) is 5.95. The van der Waals surface area contributed by atoms with Gasteiger partial charge in [-0.3, -0.25) is 0 Å². The fourth-order valence-electron chi connectivity index (χ4n) is 2.45. The highest BCUT2D eigenvalue weighted by Crippen LogP contribution is 2.31. The van der Waals surface area contributed by atoms with Crippen LogP contribution in [-0.4, -0.2) is 29.2 Å². The minimum atomic E-state index is -4.60. The van der Waals surface area contributed by atoms with Crippen molar-refractivity contribution in [3.05, 3.63) is 41.8 Å². The van der Waals surface area contributed by atoms with Crippen molar-refractivity contribution in [3.8, 4) is 11.3 Å². The lowest BCUT2D eigenvalue weighted by Crippen LogP contribution is -2.21. The van der Waals surface area contributed by atoms with E-state index < -0.39 is 17.7 Å². The summed E-state index contributed by atoms with van der Waals surface area (Å²) in [6.07, 6.45) is -2.89. The molecule has 0 unspecified atom stereocenters. The van der Waals surface area contributed by atoms with E-state index in [1.165, 1.54) is 24.3 Å². The Morgan fingerprint density at radius 3 is 2.54 bits per heavy atom. The molecule has 1 aliphatic heterocycles. The maximum Gasteiger partial charge on any atom is 0.433 e. The van der Waals surface area contributed by atoms with E-state index in [4.69, 9.17) is 4.74 Å². The second kappa shape index (κ2) is 6.72. The average Bonchev–Trinajstić information content (AvgIpc) is 3.06. The van der Waals surface area contributed by atoms with Crippen LogP contribution in [0, 0.1) is 5.82 Å². The number of halogens is 4. The molecule has 1 N–H and O–H groups in total. The number of anilines is 1. The van der Waals surface area contributed by atoms with Crippen LogP contribution in [0.1, 0.15) is 18.5 Å². The van der Waals surface area contributed by atoms with Crippen molar-refractivity contribution < 1.29 is 22.3 Å². The van der Waals surface area contributed by atoms with Gasteiger partial charge in [-0.1, -0.05) is 0 Å². The van der Waals surface area contributed by atoms with E-state index in [9.17, 15) is 17.6 Å². The molecule has 1 atom stereocenters. The zero-order chi connectivity index (χ0) is 17.2. The maximum absolute atomic E-state index is 13.1. The van der Waals surface area contributed by atoms with Crippen LogP contribution in [0.25, 0.3) is 11.3 Å². The van der Waals surface area contributed by atoms with Crippen LogP contribution in [-0.2, 0) is 10.9 Å². The normalized spacial score (nSPS) is 17.9. The molecule has 128 valence electrons. The van der Waals surface area contributed by atoms with Crippen molar-refractivity contribution in [1.82, 2.24) is 9.97 Å². The Bertz CT molecular complexity index is 697. The van der Waals surface area contributed by atoms with Crippen LogP contribution in [0.2, 0.25) is 0 Å². The van der Waals surface area contributed by atoms with Gasteiger partial charge in [0.1, 0.15) is 5.82 Å². The van der Waals surface area contributed by atoms with Gasteiger partial charge < -0.3 is 10.1 Å². The summed E-state index contributed by atoms with van der Waals surface area (Å²) >= 11 is 0. The Labute approximate surface area is 135 Å². The van der Waals surface area contributed by atoms with Gasteiger partial charge in [0.15, 0.2) is 5.69 Å². The van der Waals surface area contributed by atoms with Crippen LogP contribution in [0.4, 0.5) is 23.5 Å². The molecule has 0 saturated carbocycles. The largest absolute Gasteiger partial charge is 0.433 e. The minimum Gasteiger partial charge on any atom is -0.376 e. The topological polar surface area (TPSA) is 47.0 Å². The van der Waals surface area contributed by atoms with Crippen LogP contribution in [0.5, 0.6) is 0 Å². The van der Waals surface area contributed by atoms with Gasteiger partial charge in [-0.25, -0.2) is 14.4 Å². The molecule has 1 aliphatic rings. The van der Waals surface area contributed by atoms with E-state index in [1.807, 2.05) is 0 Å². The van der Waals surface area contributed by atoms with E-state index in [0.717, 1.165) is 18.9 Å². The first kappa shape index (κ1) is 16.6. The monoisotopic (exact) mass is 341 g/mol. The van der Waals surface area contributed by atoms with Gasteiger partial charge in [0.25, 0.3) is 0 Å². The van der Waals surface area contributed by atoms with E-state index in [0.29, 0.717) is 18.7 Å². The predicted octanol–water partition coefficient (Wildman–Crippen LogP) is 3.89. The Morgan fingerprint density at radius 1 is 1.17 bits per heavy atom. The number of nitrogens with zero attached hydrogens (tertiary/aromatic N) is 2. The molecule has 1 aromatic heterocycles. The number of aromatic nitrogens is 2. The molecule has 0 bridgehead atoms. The van der Waals surface area contributed by atoms with Gasteiger partial charge in [0.05, 0.1) is 11.8 Å². The molecule has 2 aromatic rings. The molecule has 3 rings (SSSR count). The van der Waals surface area contributed by atoms with E-state index >= 15 is 0 Å². The zero-order valence-corrected chi connectivity index (χ0v) is 12.6. The van der Waals surface area contributed by atoms with Crippen molar-refractivity contribution >= 4 is 5.95 Å². The van der Waals surface area contributed by atoms with Gasteiger partial charge >= 0.3 is 6.18 Å². The molecule has 4 nitrogen and oxygen atoms in total. The number of benzene rings is 1. The molecule has 8 heteroatoms. The lowest BCUT2D eigenvalue weighted by Gasteiger charge is -2.14. The van der Waals surface area contributed by atoms with Crippen LogP contribution >= 0.6 is 0 Å². The summed E-state index contributed by atoms with van der Waals surface area (Å²) in [4.78, 5) is 7.64. The van der Waals surface area contributed by atoms with Gasteiger partial charge in [0.2, 0.25) is 5.95 Å². The van der Waals surface area contributed by atoms with Crippen LogP contribution in [0.3, 0.4) is 0 Å². The Hall–Kier alpha value is -2.22. The van der Waals surface area contributed by atoms with Gasteiger partial charge in [-0.2, -0.15) is 13.2 Å². The van der Waals surface area contributed by atoms with Crippen LogP contribution < -0.4 is 5.32 Å². The third-order valence-electron chi connectivity index (χ3n) is 3.67. The predicted molar refractivity (Wildman–Crippen MR) is 79.9 cm³/mol. The fourth-order valence-corrected chi connectivity index (χ4v) is 2.45. The Balaban J connectivity index is 1.89. The molecular formula is C16H15F4N3O. The van der Waals surface area contributed by atoms with Crippen molar-refractivity contribution in [2.75, 3.05) is 18.5 Å². The summed E-state index contributed by atoms with van der Waals surface area (Å²) < 4.78 is 57.6. The Morgan fingerprint density at radius 2 is 1.92 bits per heavy atom. The van der Waals surface area contributed by atoms with E-state index in [1.54, 1.807) is 0 Å². The molecule has 0 spiro atoms. The van der Waals surface area contributed by atoms with Gasteiger partial charge in [-0.05, 0) is 43.2 Å². The summed E-state index contributed by atoms with van der Waals surface area (Å²) in [5.41, 5.74) is -0.594. The first-order chi connectivity index (χ1) is 11.4. The van der Waals surface area contributed by atoms with Crippen LogP contribution in [0.15, 0.2) is 30.3 Å². The zero-order valence-electron chi connectivity index (χ0n) is 12.6. The number of ether oxygens (including phenoxy) is 1. The van der Waals surface area contributed by atoms with Crippen molar-refractivity contribution in [3.63, 3.8) is 0 Å². The van der Waals surface area contributed by atoms with Gasteiger partial charge in [-0.15, -0.1) is 0 Å². The lowest BCUT2D eigenvalue weighted by atomic mass is 10.1. The maximum atomic E-state index is 13.1. The quantitative estimate of drug-likeness (QED) is 0.857. The van der Waals surface area contributed by atoms with Crippen molar-refractivity contribution in [1.29, 1.82) is 0 Å². The molecule has 1 fully saturated rings. The number of hydrogen-bond acceptors (Lipinski definition) is 4. The number of nitrogens with one attached hydrogen (secondary N) is 1. The van der Waals surface area contributed by atoms with E-state index in [-0.39, 0.29) is 17.7 Å². The molecular weight excluding hydrogens is 326 g/mol. The van der Waals surface area contributed by atoms with Crippen molar-refractivity contribution in [2.24, 2.45) is 0 Å². The first-order valence-corrected chi connectivity index (χ1v) is 7.49. The highest BCUT2D eigenvalue weighted by Gasteiger charge is 2.34. The smallest absolute Gasteiger partial charge is 0.376 e. The summed E-state index contributed by atoms with van der Waals surface area (Å²) in [6.45, 7) is 0.987. The number of alkyl halides is 3. The molecule has 0 amide bonds. The Kier molecular flexibility index (Phi) is 4.66. The molecule has 24 heavy (non-hydrogen) atoms.